The zero-order valence-corrected chi connectivity index (χ0v) is 18.4. The van der Waals surface area contributed by atoms with Crippen molar-refractivity contribution in [3.63, 3.8) is 0 Å². The van der Waals surface area contributed by atoms with Crippen molar-refractivity contribution in [2.75, 3.05) is 18.4 Å². The van der Waals surface area contributed by atoms with Gasteiger partial charge in [-0.05, 0) is 68.6 Å². The van der Waals surface area contributed by atoms with Crippen molar-refractivity contribution in [3.05, 3.63) is 70.1 Å². The van der Waals surface area contributed by atoms with E-state index in [9.17, 15) is 9.59 Å². The van der Waals surface area contributed by atoms with Crippen LogP contribution in [-0.2, 0) is 6.54 Å². The summed E-state index contributed by atoms with van der Waals surface area (Å²) in [6.07, 6.45) is 4.00. The van der Waals surface area contributed by atoms with Crippen molar-refractivity contribution in [2.45, 2.75) is 26.3 Å². The van der Waals surface area contributed by atoms with Crippen molar-refractivity contribution < 1.29 is 4.79 Å². The maximum Gasteiger partial charge on any atom is 0.263 e. The second kappa shape index (κ2) is 10.6. The average molecular weight is 449 g/mol. The number of para-hydroxylation sites is 1. The number of nitrogens with one attached hydrogen (secondary N) is 2. The monoisotopic (exact) mass is 448 g/mol. The molecular formula is C22H26Cl2N4O2. The molecule has 1 unspecified atom stereocenters. The number of pyridine rings is 2. The molecule has 1 saturated heterocycles. The van der Waals surface area contributed by atoms with Crippen LogP contribution in [0.25, 0.3) is 10.9 Å². The molecule has 2 N–H and O–H groups in total. The Morgan fingerprint density at radius 3 is 2.77 bits per heavy atom. The minimum Gasteiger partial charge on any atom is -0.316 e. The first-order valence-corrected chi connectivity index (χ1v) is 9.70. The molecule has 1 fully saturated rings. The summed E-state index contributed by atoms with van der Waals surface area (Å²) in [6, 6.07) is 13.2. The van der Waals surface area contributed by atoms with E-state index in [4.69, 9.17) is 0 Å². The topological polar surface area (TPSA) is 76.0 Å². The number of aromatic nitrogens is 2. The van der Waals surface area contributed by atoms with Gasteiger partial charge in [0.25, 0.3) is 11.5 Å². The normalized spacial score (nSPS) is 15.7. The maximum atomic E-state index is 13.0. The van der Waals surface area contributed by atoms with E-state index in [1.165, 1.54) is 0 Å². The van der Waals surface area contributed by atoms with E-state index in [-0.39, 0.29) is 35.9 Å². The highest BCUT2D eigenvalue weighted by Gasteiger charge is 2.19. The molecule has 3 heterocycles. The third-order valence-corrected chi connectivity index (χ3v) is 5.29. The molecule has 3 aromatic rings. The standard InChI is InChI=1S/C22H24N4O2.2ClH/c1-15-10-12-26(14-16-5-4-11-23-13-16)22(28)20(15)21(27)25-19-9-8-17-6-2-3-7-18(17)24-19;;/h2-3,6-10,12,16,23H,4-5,11,13-14H2,1H3,(H,24,25,27);2*1H. The quantitative estimate of drug-likeness (QED) is 0.636. The van der Waals surface area contributed by atoms with Crippen LogP contribution in [-0.4, -0.2) is 28.5 Å². The smallest absolute Gasteiger partial charge is 0.263 e. The minimum atomic E-state index is -0.415. The van der Waals surface area contributed by atoms with E-state index in [0.29, 0.717) is 23.8 Å². The van der Waals surface area contributed by atoms with Gasteiger partial charge in [-0.25, -0.2) is 4.98 Å². The molecule has 0 radical (unpaired) electrons. The Bertz CT molecular complexity index is 1080. The summed E-state index contributed by atoms with van der Waals surface area (Å²) in [7, 11) is 0. The number of carbonyl (C=O) groups excluding carboxylic acids is 1. The highest BCUT2D eigenvalue weighted by Crippen LogP contribution is 2.16. The van der Waals surface area contributed by atoms with E-state index < -0.39 is 5.91 Å². The summed E-state index contributed by atoms with van der Waals surface area (Å²) >= 11 is 0. The van der Waals surface area contributed by atoms with Crippen LogP contribution in [0.5, 0.6) is 0 Å². The number of fused-ring (bicyclic) bond motifs is 1. The molecule has 1 aromatic carbocycles. The number of piperidine rings is 1. The number of carbonyl (C=O) groups is 1. The van der Waals surface area contributed by atoms with Crippen molar-refractivity contribution in [1.82, 2.24) is 14.9 Å². The molecule has 1 aliphatic rings. The SMILES string of the molecule is Cc1ccn(CC2CCCNC2)c(=O)c1C(=O)Nc1ccc2ccccc2n1.Cl.Cl. The summed E-state index contributed by atoms with van der Waals surface area (Å²) in [5.74, 6) is 0.433. The van der Waals surface area contributed by atoms with E-state index in [1.54, 1.807) is 23.8 Å². The Balaban J connectivity index is 0.00000160. The van der Waals surface area contributed by atoms with Crippen molar-refractivity contribution in [1.29, 1.82) is 0 Å². The summed E-state index contributed by atoms with van der Waals surface area (Å²) in [5, 5.41) is 7.15. The summed E-state index contributed by atoms with van der Waals surface area (Å²) in [5.41, 5.74) is 1.40. The number of rotatable bonds is 4. The molecule has 0 aliphatic carbocycles. The second-order valence-electron chi connectivity index (χ2n) is 7.39. The number of amides is 1. The predicted octanol–water partition coefficient (Wildman–Crippen LogP) is 3.80. The third kappa shape index (κ3) is 5.19. The molecule has 1 amide bonds. The Hall–Kier alpha value is -2.41. The summed E-state index contributed by atoms with van der Waals surface area (Å²) in [6.45, 7) is 4.35. The molecule has 30 heavy (non-hydrogen) atoms. The van der Waals surface area contributed by atoms with Gasteiger partial charge >= 0.3 is 0 Å². The number of nitrogens with zero attached hydrogens (tertiary/aromatic N) is 2. The molecule has 0 bridgehead atoms. The molecule has 1 atom stereocenters. The van der Waals surface area contributed by atoms with Gasteiger partial charge in [-0.15, -0.1) is 24.8 Å². The number of hydrogen-bond acceptors (Lipinski definition) is 4. The van der Waals surface area contributed by atoms with Crippen LogP contribution < -0.4 is 16.2 Å². The molecule has 0 spiro atoms. The zero-order valence-electron chi connectivity index (χ0n) is 16.8. The van der Waals surface area contributed by atoms with Gasteiger partial charge in [0.05, 0.1) is 5.52 Å². The van der Waals surface area contributed by atoms with Crippen LogP contribution in [0.3, 0.4) is 0 Å². The Labute approximate surface area is 187 Å². The number of anilines is 1. The lowest BCUT2D eigenvalue weighted by molar-refractivity contribution is 0.102. The summed E-state index contributed by atoms with van der Waals surface area (Å²) in [4.78, 5) is 30.3. The van der Waals surface area contributed by atoms with Gasteiger partial charge in [0.15, 0.2) is 0 Å². The lowest BCUT2D eigenvalue weighted by atomic mass is 9.99. The maximum absolute atomic E-state index is 13.0. The van der Waals surface area contributed by atoms with Crippen LogP contribution in [0.4, 0.5) is 5.82 Å². The fraction of sp³-hybridized carbons (Fsp3) is 0.318. The molecule has 160 valence electrons. The van der Waals surface area contributed by atoms with E-state index in [2.05, 4.69) is 15.6 Å². The fourth-order valence-corrected chi connectivity index (χ4v) is 3.76. The number of hydrogen-bond donors (Lipinski definition) is 2. The Kier molecular flexibility index (Phi) is 8.41. The first kappa shape index (κ1) is 23.9. The lowest BCUT2D eigenvalue weighted by Crippen LogP contribution is -2.36. The largest absolute Gasteiger partial charge is 0.316 e. The number of benzene rings is 1. The van der Waals surface area contributed by atoms with E-state index in [1.807, 2.05) is 36.4 Å². The lowest BCUT2D eigenvalue weighted by Gasteiger charge is -2.23. The molecule has 6 nitrogen and oxygen atoms in total. The van der Waals surface area contributed by atoms with Gasteiger partial charge in [0, 0.05) is 18.1 Å². The van der Waals surface area contributed by atoms with Crippen LogP contribution in [0.2, 0.25) is 0 Å². The first-order valence-electron chi connectivity index (χ1n) is 9.70. The highest BCUT2D eigenvalue weighted by molar-refractivity contribution is 6.04. The number of aryl methyl sites for hydroxylation is 1. The molecule has 1 aliphatic heterocycles. The van der Waals surface area contributed by atoms with Crippen molar-refractivity contribution in [3.8, 4) is 0 Å². The van der Waals surface area contributed by atoms with Gasteiger partial charge in [0.2, 0.25) is 0 Å². The van der Waals surface area contributed by atoms with Gasteiger partial charge in [-0.2, -0.15) is 0 Å². The highest BCUT2D eigenvalue weighted by atomic mass is 35.5. The molecule has 4 rings (SSSR count). The first-order chi connectivity index (χ1) is 13.6. The second-order valence-corrected chi connectivity index (χ2v) is 7.39. The van der Waals surface area contributed by atoms with Crippen molar-refractivity contribution >= 4 is 47.4 Å². The van der Waals surface area contributed by atoms with Gasteiger partial charge in [-0.1, -0.05) is 18.2 Å². The zero-order chi connectivity index (χ0) is 19.5. The van der Waals surface area contributed by atoms with Crippen LogP contribution in [0.15, 0.2) is 53.5 Å². The Morgan fingerprint density at radius 2 is 2.00 bits per heavy atom. The average Bonchev–Trinajstić information content (AvgIpc) is 2.71. The fourth-order valence-electron chi connectivity index (χ4n) is 3.76. The molecule has 0 saturated carbocycles. The van der Waals surface area contributed by atoms with Crippen LogP contribution >= 0.6 is 24.8 Å². The van der Waals surface area contributed by atoms with Crippen LogP contribution in [0, 0.1) is 12.8 Å². The van der Waals surface area contributed by atoms with Gasteiger partial charge in [-0.3, -0.25) is 9.59 Å². The van der Waals surface area contributed by atoms with Gasteiger partial charge < -0.3 is 15.2 Å². The minimum absolute atomic E-state index is 0. The van der Waals surface area contributed by atoms with E-state index >= 15 is 0 Å². The molecular weight excluding hydrogens is 423 g/mol. The van der Waals surface area contributed by atoms with Crippen molar-refractivity contribution in [2.24, 2.45) is 5.92 Å². The Morgan fingerprint density at radius 1 is 1.20 bits per heavy atom. The molecule has 2 aromatic heterocycles. The van der Waals surface area contributed by atoms with Gasteiger partial charge in [0.1, 0.15) is 11.4 Å². The number of halogens is 2. The van der Waals surface area contributed by atoms with Crippen LogP contribution in [0.1, 0.15) is 28.8 Å². The van der Waals surface area contributed by atoms with E-state index in [0.717, 1.165) is 36.8 Å². The third-order valence-electron chi connectivity index (χ3n) is 5.29. The summed E-state index contributed by atoms with van der Waals surface area (Å²) < 4.78 is 1.66. The molecule has 8 heteroatoms. The predicted molar refractivity (Wildman–Crippen MR) is 125 cm³/mol.